The number of rotatable bonds is 14. The molecule has 11 nitrogen and oxygen atoms in total. The zero-order chi connectivity index (χ0) is 30.9. The molecule has 0 saturated carbocycles. The van der Waals surface area contributed by atoms with Crippen molar-refractivity contribution in [1.29, 1.82) is 0 Å². The Hall–Kier alpha value is -4.45. The van der Waals surface area contributed by atoms with E-state index in [2.05, 4.69) is 5.32 Å². The summed E-state index contributed by atoms with van der Waals surface area (Å²) in [6.07, 6.45) is 0.977. The number of anilines is 1. The molecule has 3 rings (SSSR count). The molecule has 0 fully saturated rings. The molecule has 0 bridgehead atoms. The lowest BCUT2D eigenvalue weighted by Gasteiger charge is -2.33. The molecule has 2 atom stereocenters. The largest absolute Gasteiger partial charge is 0.497 e. The van der Waals surface area contributed by atoms with E-state index in [-0.39, 0.29) is 41.2 Å². The second-order valence-electron chi connectivity index (χ2n) is 9.71. The number of hydrogen-bond donors (Lipinski definition) is 1. The fourth-order valence-corrected chi connectivity index (χ4v) is 5.71. The van der Waals surface area contributed by atoms with Crippen molar-refractivity contribution in [2.45, 2.75) is 57.1 Å². The van der Waals surface area contributed by atoms with E-state index in [1.165, 1.54) is 48.4 Å². The molecular formula is C30H36N4O7S. The second-order valence-corrected chi connectivity index (χ2v) is 11.6. The van der Waals surface area contributed by atoms with Crippen molar-refractivity contribution in [3.8, 4) is 5.75 Å². The second kappa shape index (κ2) is 14.4. The predicted molar refractivity (Wildman–Crippen MR) is 160 cm³/mol. The van der Waals surface area contributed by atoms with Gasteiger partial charge in [-0.1, -0.05) is 44.2 Å². The molecule has 224 valence electrons. The lowest BCUT2D eigenvalue weighted by Crippen LogP contribution is -2.53. The zero-order valence-electron chi connectivity index (χ0n) is 24.1. The van der Waals surface area contributed by atoms with Crippen molar-refractivity contribution in [2.75, 3.05) is 18.0 Å². The zero-order valence-corrected chi connectivity index (χ0v) is 24.9. The summed E-state index contributed by atoms with van der Waals surface area (Å²) < 4.78 is 33.8. The SMILES string of the molecule is CC[C@@H](C)NC(=O)[C@H](CC)N(Cc1ccc(OC)cc1)C(=O)CN(c1ccc([N+](=O)[O-])cc1)S(=O)(=O)c1ccccc1. The third-order valence-electron chi connectivity index (χ3n) is 6.86. The van der Waals surface area contributed by atoms with Crippen LogP contribution in [0.5, 0.6) is 5.75 Å². The first kappa shape index (κ1) is 32.1. The number of hydrogen-bond acceptors (Lipinski definition) is 7. The minimum Gasteiger partial charge on any atom is -0.497 e. The molecule has 0 aromatic heterocycles. The van der Waals surface area contributed by atoms with Crippen LogP contribution in [0.2, 0.25) is 0 Å². The molecule has 42 heavy (non-hydrogen) atoms. The fourth-order valence-electron chi connectivity index (χ4n) is 4.28. The highest BCUT2D eigenvalue weighted by Crippen LogP contribution is 2.27. The van der Waals surface area contributed by atoms with Gasteiger partial charge >= 0.3 is 0 Å². The standard InChI is InChI=1S/C30H36N4O7S/c1-5-22(3)31-30(36)28(6-2)32(20-23-12-18-26(41-4)19-13-23)29(35)21-33(24-14-16-25(17-15-24)34(37)38)42(39,40)27-10-8-7-9-11-27/h7-19,22,28H,5-6,20-21H2,1-4H3,(H,31,36)/t22-,28+/m1/s1. The Balaban J connectivity index is 2.06. The van der Waals surface area contributed by atoms with Gasteiger partial charge in [0.25, 0.3) is 15.7 Å². The summed E-state index contributed by atoms with van der Waals surface area (Å²) in [4.78, 5) is 39.4. The Morgan fingerprint density at radius 1 is 0.952 bits per heavy atom. The van der Waals surface area contributed by atoms with Gasteiger partial charge in [-0.3, -0.25) is 24.0 Å². The van der Waals surface area contributed by atoms with E-state index in [0.29, 0.717) is 17.7 Å². The van der Waals surface area contributed by atoms with E-state index < -0.39 is 33.4 Å². The van der Waals surface area contributed by atoms with Crippen LogP contribution < -0.4 is 14.4 Å². The van der Waals surface area contributed by atoms with Gasteiger partial charge in [0.2, 0.25) is 11.8 Å². The number of amides is 2. The van der Waals surface area contributed by atoms with Gasteiger partial charge in [0.05, 0.1) is 22.6 Å². The van der Waals surface area contributed by atoms with Crippen molar-refractivity contribution in [2.24, 2.45) is 0 Å². The summed E-state index contributed by atoms with van der Waals surface area (Å²) in [5.74, 6) is -0.340. The monoisotopic (exact) mass is 596 g/mol. The first-order valence-corrected chi connectivity index (χ1v) is 15.0. The van der Waals surface area contributed by atoms with E-state index in [1.807, 2.05) is 13.8 Å². The molecule has 0 aliphatic heterocycles. The summed E-state index contributed by atoms with van der Waals surface area (Å²) in [7, 11) is -2.74. The Kier molecular flexibility index (Phi) is 11.0. The lowest BCUT2D eigenvalue weighted by molar-refractivity contribution is -0.384. The van der Waals surface area contributed by atoms with Crippen molar-refractivity contribution < 1.29 is 27.7 Å². The molecule has 1 N–H and O–H groups in total. The number of carbonyl (C=O) groups excluding carboxylic acids is 2. The molecule has 0 aliphatic carbocycles. The highest BCUT2D eigenvalue weighted by atomic mass is 32.2. The van der Waals surface area contributed by atoms with Gasteiger partial charge in [-0.05, 0) is 61.7 Å². The van der Waals surface area contributed by atoms with E-state index >= 15 is 0 Å². The van der Waals surface area contributed by atoms with Crippen LogP contribution in [-0.2, 0) is 26.2 Å². The molecule has 0 aliphatic rings. The summed E-state index contributed by atoms with van der Waals surface area (Å²) in [6, 6.07) is 18.5. The Labute approximate surface area is 246 Å². The van der Waals surface area contributed by atoms with E-state index in [0.717, 1.165) is 4.31 Å². The minimum absolute atomic E-state index is 0.0365. The maximum atomic E-state index is 14.1. The molecule has 3 aromatic carbocycles. The normalized spacial score (nSPS) is 12.6. The number of methoxy groups -OCH3 is 1. The van der Waals surface area contributed by atoms with Crippen LogP contribution in [0.3, 0.4) is 0 Å². The Morgan fingerprint density at radius 2 is 1.57 bits per heavy atom. The molecule has 0 radical (unpaired) electrons. The number of ether oxygens (including phenoxy) is 1. The maximum absolute atomic E-state index is 14.1. The molecule has 0 heterocycles. The third kappa shape index (κ3) is 7.84. The number of benzene rings is 3. The molecule has 12 heteroatoms. The highest BCUT2D eigenvalue weighted by molar-refractivity contribution is 7.92. The van der Waals surface area contributed by atoms with Gasteiger partial charge in [-0.15, -0.1) is 0 Å². The van der Waals surface area contributed by atoms with Crippen LogP contribution in [0.1, 0.15) is 39.2 Å². The van der Waals surface area contributed by atoms with Crippen LogP contribution in [0.25, 0.3) is 0 Å². The minimum atomic E-state index is -4.27. The first-order valence-electron chi connectivity index (χ1n) is 13.6. The average molecular weight is 597 g/mol. The number of non-ortho nitro benzene ring substituents is 1. The van der Waals surface area contributed by atoms with Gasteiger partial charge in [-0.2, -0.15) is 0 Å². The molecule has 0 spiro atoms. The summed E-state index contributed by atoms with van der Waals surface area (Å²) in [6.45, 7) is 4.97. The van der Waals surface area contributed by atoms with Gasteiger partial charge < -0.3 is 15.0 Å². The average Bonchev–Trinajstić information content (AvgIpc) is 3.00. The van der Waals surface area contributed by atoms with Crippen molar-refractivity contribution in [3.63, 3.8) is 0 Å². The summed E-state index contributed by atoms with van der Waals surface area (Å²) in [5.41, 5.74) is 0.557. The number of carbonyl (C=O) groups is 2. The van der Waals surface area contributed by atoms with Gasteiger partial charge in [0.1, 0.15) is 18.3 Å². The number of sulfonamides is 1. The summed E-state index contributed by atoms with van der Waals surface area (Å²) >= 11 is 0. The quantitative estimate of drug-likeness (QED) is 0.213. The maximum Gasteiger partial charge on any atom is 0.269 e. The van der Waals surface area contributed by atoms with Gasteiger partial charge in [0, 0.05) is 24.7 Å². The van der Waals surface area contributed by atoms with Crippen molar-refractivity contribution in [1.82, 2.24) is 10.2 Å². The predicted octanol–water partition coefficient (Wildman–Crippen LogP) is 4.52. The molecule has 0 saturated heterocycles. The van der Waals surface area contributed by atoms with Gasteiger partial charge in [0.15, 0.2) is 0 Å². The van der Waals surface area contributed by atoms with E-state index in [4.69, 9.17) is 4.74 Å². The van der Waals surface area contributed by atoms with Crippen molar-refractivity contribution >= 4 is 33.2 Å². The van der Waals surface area contributed by atoms with Crippen LogP contribution >= 0.6 is 0 Å². The van der Waals surface area contributed by atoms with Crippen LogP contribution in [0.15, 0.2) is 83.8 Å². The topological polar surface area (TPSA) is 139 Å². The highest BCUT2D eigenvalue weighted by Gasteiger charge is 2.34. The van der Waals surface area contributed by atoms with E-state index in [9.17, 15) is 28.1 Å². The number of nitrogens with one attached hydrogen (secondary N) is 1. The van der Waals surface area contributed by atoms with Crippen LogP contribution in [-0.4, -0.2) is 55.8 Å². The van der Waals surface area contributed by atoms with Gasteiger partial charge in [-0.25, -0.2) is 8.42 Å². The molecule has 0 unspecified atom stereocenters. The van der Waals surface area contributed by atoms with Crippen LogP contribution in [0.4, 0.5) is 11.4 Å². The van der Waals surface area contributed by atoms with Crippen LogP contribution in [0, 0.1) is 10.1 Å². The number of nitro groups is 1. The van der Waals surface area contributed by atoms with E-state index in [1.54, 1.807) is 49.4 Å². The smallest absolute Gasteiger partial charge is 0.269 e. The number of nitro benzene ring substituents is 1. The summed E-state index contributed by atoms with van der Waals surface area (Å²) in [5, 5.41) is 14.1. The molecular weight excluding hydrogens is 560 g/mol. The fraction of sp³-hybridized carbons (Fsp3) is 0.333. The Bertz CT molecular complexity index is 1460. The number of nitrogens with zero attached hydrogens (tertiary/aromatic N) is 3. The lowest BCUT2D eigenvalue weighted by atomic mass is 10.1. The molecule has 3 aromatic rings. The first-order chi connectivity index (χ1) is 20.0. The Morgan fingerprint density at radius 3 is 2.10 bits per heavy atom. The molecule has 2 amide bonds. The van der Waals surface area contributed by atoms with Crippen molar-refractivity contribution in [3.05, 3.63) is 94.5 Å². The third-order valence-corrected chi connectivity index (χ3v) is 8.65.